The van der Waals surface area contributed by atoms with Gasteiger partial charge >= 0.3 is 12.2 Å². The minimum absolute atomic E-state index is 0.194. The van der Waals surface area contributed by atoms with Crippen LogP contribution in [0.3, 0.4) is 0 Å². The molecule has 172 valence electrons. The first kappa shape index (κ1) is 22.8. The van der Waals surface area contributed by atoms with Gasteiger partial charge < -0.3 is 16.0 Å². The molecule has 0 radical (unpaired) electrons. The first-order valence-electron chi connectivity index (χ1n) is 10.4. The second kappa shape index (κ2) is 9.27. The van der Waals surface area contributed by atoms with Gasteiger partial charge in [0, 0.05) is 23.5 Å². The van der Waals surface area contributed by atoms with E-state index in [1.165, 1.54) is 12.1 Å². The number of thiazole rings is 1. The molecule has 2 amide bonds. The summed E-state index contributed by atoms with van der Waals surface area (Å²) in [5.41, 5.74) is 3.23. The highest BCUT2D eigenvalue weighted by Crippen LogP contribution is 2.37. The molecule has 2 aliphatic rings. The Balaban J connectivity index is 1.50. The smallest absolute Gasteiger partial charge is 0.387 e. The summed E-state index contributed by atoms with van der Waals surface area (Å²) >= 11 is 1.62. The Bertz CT molecular complexity index is 1170. The number of anilines is 1. The van der Waals surface area contributed by atoms with Crippen LogP contribution >= 0.6 is 11.3 Å². The SMILES string of the molecule is Cc1nc(C2=CCNC=C2)c(C2=CC(NC(=O)Nc3ccc(C(F)(F)F)cc3)=CC(C)C2)s1. The van der Waals surface area contributed by atoms with Crippen molar-refractivity contribution < 1.29 is 18.0 Å². The quantitative estimate of drug-likeness (QED) is 0.504. The Morgan fingerprint density at radius 1 is 1.21 bits per heavy atom. The van der Waals surface area contributed by atoms with Crippen LogP contribution in [0.25, 0.3) is 11.1 Å². The number of hydrogen-bond acceptors (Lipinski definition) is 4. The van der Waals surface area contributed by atoms with Crippen LogP contribution in [0.1, 0.15) is 34.5 Å². The third kappa shape index (κ3) is 5.54. The molecule has 33 heavy (non-hydrogen) atoms. The summed E-state index contributed by atoms with van der Waals surface area (Å²) in [6, 6.07) is 3.82. The normalized spacial score (nSPS) is 18.1. The number of halogens is 3. The minimum atomic E-state index is -4.42. The molecule has 4 rings (SSSR count). The van der Waals surface area contributed by atoms with Gasteiger partial charge in [-0.1, -0.05) is 19.1 Å². The summed E-state index contributed by atoms with van der Waals surface area (Å²) in [7, 11) is 0. The van der Waals surface area contributed by atoms with Crippen molar-refractivity contribution in [2.24, 2.45) is 5.92 Å². The van der Waals surface area contributed by atoms with E-state index in [0.717, 1.165) is 51.8 Å². The Hall–Kier alpha value is -3.33. The highest BCUT2D eigenvalue weighted by Gasteiger charge is 2.30. The van der Waals surface area contributed by atoms with Gasteiger partial charge in [0.15, 0.2) is 0 Å². The Kier molecular flexibility index (Phi) is 6.42. The molecule has 1 atom stereocenters. The number of dihydropyridines is 1. The number of alkyl halides is 3. The zero-order valence-corrected chi connectivity index (χ0v) is 18.9. The van der Waals surface area contributed by atoms with Crippen molar-refractivity contribution >= 4 is 34.2 Å². The molecular weight excluding hydrogens is 449 g/mol. The lowest BCUT2D eigenvalue weighted by molar-refractivity contribution is -0.137. The Labute approximate surface area is 193 Å². The van der Waals surface area contributed by atoms with Gasteiger partial charge in [0.05, 0.1) is 21.1 Å². The first-order chi connectivity index (χ1) is 15.7. The van der Waals surface area contributed by atoms with Crippen molar-refractivity contribution in [2.75, 3.05) is 11.9 Å². The monoisotopic (exact) mass is 472 g/mol. The van der Waals surface area contributed by atoms with Crippen LogP contribution in [0.5, 0.6) is 0 Å². The van der Waals surface area contributed by atoms with E-state index in [2.05, 4.69) is 29.0 Å². The fraction of sp³-hybridized carbons (Fsp3) is 0.250. The highest BCUT2D eigenvalue weighted by molar-refractivity contribution is 7.13. The van der Waals surface area contributed by atoms with Crippen LogP contribution in [0.4, 0.5) is 23.7 Å². The number of urea groups is 1. The van der Waals surface area contributed by atoms with Crippen molar-refractivity contribution in [1.29, 1.82) is 0 Å². The van der Waals surface area contributed by atoms with Gasteiger partial charge in [0.1, 0.15) is 0 Å². The van der Waals surface area contributed by atoms with E-state index < -0.39 is 17.8 Å². The van der Waals surface area contributed by atoms with E-state index in [1.54, 1.807) is 11.3 Å². The summed E-state index contributed by atoms with van der Waals surface area (Å²) < 4.78 is 38.2. The molecule has 3 N–H and O–H groups in total. The number of aromatic nitrogens is 1. The molecule has 5 nitrogen and oxygen atoms in total. The number of carbonyl (C=O) groups is 1. The maximum Gasteiger partial charge on any atom is 0.416 e. The summed E-state index contributed by atoms with van der Waals surface area (Å²) in [6.07, 6.45) is 6.30. The second-order valence-corrected chi connectivity index (χ2v) is 9.14. The molecule has 9 heteroatoms. The van der Waals surface area contributed by atoms with Gasteiger partial charge in [-0.25, -0.2) is 9.78 Å². The average Bonchev–Trinajstić information content (AvgIpc) is 3.15. The maximum atomic E-state index is 12.7. The van der Waals surface area contributed by atoms with E-state index in [1.807, 2.05) is 31.4 Å². The lowest BCUT2D eigenvalue weighted by Crippen LogP contribution is -2.28. The van der Waals surface area contributed by atoms with Gasteiger partial charge in [-0.05, 0) is 67.5 Å². The molecule has 0 fully saturated rings. The fourth-order valence-electron chi connectivity index (χ4n) is 3.75. The van der Waals surface area contributed by atoms with Gasteiger partial charge in [0.2, 0.25) is 0 Å². The van der Waals surface area contributed by atoms with Crippen molar-refractivity contribution in [2.45, 2.75) is 26.4 Å². The highest BCUT2D eigenvalue weighted by atomic mass is 32.1. The molecular formula is C24H23F3N4OS. The zero-order chi connectivity index (χ0) is 23.6. The minimum Gasteiger partial charge on any atom is -0.387 e. The largest absolute Gasteiger partial charge is 0.416 e. The van der Waals surface area contributed by atoms with Crippen molar-refractivity contribution in [1.82, 2.24) is 15.6 Å². The Morgan fingerprint density at radius 2 is 1.97 bits per heavy atom. The maximum absolute atomic E-state index is 12.7. The number of nitrogens with zero attached hydrogens (tertiary/aromatic N) is 1. The third-order valence-corrected chi connectivity index (χ3v) is 6.23. The van der Waals surface area contributed by atoms with Crippen LogP contribution in [0.15, 0.2) is 60.5 Å². The molecule has 2 aromatic rings. The lowest BCUT2D eigenvalue weighted by Gasteiger charge is -2.20. The van der Waals surface area contributed by atoms with Crippen molar-refractivity contribution in [3.05, 3.63) is 81.6 Å². The van der Waals surface area contributed by atoms with E-state index in [0.29, 0.717) is 5.70 Å². The number of carbonyl (C=O) groups excluding carboxylic acids is 1. The summed E-state index contributed by atoms with van der Waals surface area (Å²) in [5.74, 6) is 0.194. The number of allylic oxidation sites excluding steroid dienone is 5. The van der Waals surface area contributed by atoms with Gasteiger partial charge in [-0.2, -0.15) is 13.2 Å². The predicted molar refractivity (Wildman–Crippen MR) is 125 cm³/mol. The van der Waals surface area contributed by atoms with E-state index >= 15 is 0 Å². The Morgan fingerprint density at radius 3 is 2.64 bits per heavy atom. The number of hydrogen-bond donors (Lipinski definition) is 3. The van der Waals surface area contributed by atoms with Crippen LogP contribution in [0.2, 0.25) is 0 Å². The summed E-state index contributed by atoms with van der Waals surface area (Å²) in [4.78, 5) is 18.3. The molecule has 0 saturated heterocycles. The molecule has 0 saturated carbocycles. The molecule has 1 aromatic carbocycles. The summed E-state index contributed by atoms with van der Waals surface area (Å²) in [5, 5.41) is 9.49. The standard InChI is InChI=1S/C24H23F3N4OS/c1-14-11-17(22-21(29-15(2)33-22)16-7-9-28-10-8-16)13-20(12-14)31-23(32)30-19-5-3-18(4-6-19)24(25,26)27/h3-9,12-14,28H,10-11H2,1-2H3,(H2,30,31,32). The number of rotatable bonds is 4. The lowest BCUT2D eigenvalue weighted by atomic mass is 9.91. The molecule has 0 spiro atoms. The zero-order valence-electron chi connectivity index (χ0n) is 18.1. The van der Waals surface area contributed by atoms with Crippen LogP contribution < -0.4 is 16.0 Å². The van der Waals surface area contributed by atoms with Crippen LogP contribution in [-0.4, -0.2) is 17.6 Å². The van der Waals surface area contributed by atoms with Crippen molar-refractivity contribution in [3.8, 4) is 0 Å². The van der Waals surface area contributed by atoms with E-state index in [9.17, 15) is 18.0 Å². The van der Waals surface area contributed by atoms with Crippen LogP contribution in [-0.2, 0) is 6.18 Å². The average molecular weight is 473 g/mol. The molecule has 0 bridgehead atoms. The van der Waals surface area contributed by atoms with Crippen LogP contribution in [0, 0.1) is 12.8 Å². The first-order valence-corrected chi connectivity index (χ1v) is 11.3. The molecule has 1 aliphatic heterocycles. The van der Waals surface area contributed by atoms with Gasteiger partial charge in [0.25, 0.3) is 0 Å². The number of benzene rings is 1. The van der Waals surface area contributed by atoms with E-state index in [-0.39, 0.29) is 11.6 Å². The summed E-state index contributed by atoms with van der Waals surface area (Å²) in [6.45, 7) is 4.79. The molecule has 1 aromatic heterocycles. The van der Waals surface area contributed by atoms with Gasteiger partial charge in [-0.15, -0.1) is 11.3 Å². The molecule has 2 heterocycles. The van der Waals surface area contributed by atoms with Crippen molar-refractivity contribution in [3.63, 3.8) is 0 Å². The number of nitrogens with one attached hydrogen (secondary N) is 3. The number of amides is 2. The third-order valence-electron chi connectivity index (χ3n) is 5.18. The fourth-order valence-corrected chi connectivity index (χ4v) is 4.71. The van der Waals surface area contributed by atoms with E-state index in [4.69, 9.17) is 4.98 Å². The second-order valence-electron chi connectivity index (χ2n) is 7.94. The number of aryl methyl sites for hydroxylation is 1. The molecule has 1 unspecified atom stereocenters. The van der Waals surface area contributed by atoms with Gasteiger partial charge in [-0.3, -0.25) is 0 Å². The molecule has 1 aliphatic carbocycles. The topological polar surface area (TPSA) is 66.0 Å². The predicted octanol–water partition coefficient (Wildman–Crippen LogP) is 6.10.